The van der Waals surface area contributed by atoms with E-state index in [1.807, 2.05) is 51.1 Å². The number of nitriles is 1. The number of carbonyl (C=O) groups excluding carboxylic acids is 1. The van der Waals surface area contributed by atoms with Crippen LogP contribution in [-0.4, -0.2) is 36.3 Å². The highest BCUT2D eigenvalue weighted by Gasteiger charge is 2.39. The van der Waals surface area contributed by atoms with E-state index in [1.165, 1.54) is 0 Å². The fourth-order valence-electron chi connectivity index (χ4n) is 4.97. The molecule has 1 amide bonds. The Morgan fingerprint density at radius 2 is 1.61 bits per heavy atom. The van der Waals surface area contributed by atoms with Crippen molar-refractivity contribution in [2.45, 2.75) is 57.4 Å². The van der Waals surface area contributed by atoms with Crippen molar-refractivity contribution in [3.63, 3.8) is 0 Å². The van der Waals surface area contributed by atoms with Gasteiger partial charge in [-0.1, -0.05) is 40.2 Å². The van der Waals surface area contributed by atoms with Gasteiger partial charge in [-0.3, -0.25) is 0 Å². The summed E-state index contributed by atoms with van der Waals surface area (Å²) in [6.07, 6.45) is -3.65. The lowest BCUT2D eigenvalue weighted by Gasteiger charge is -2.42. The first-order chi connectivity index (χ1) is 19.3. The molecule has 4 rings (SSSR count). The van der Waals surface area contributed by atoms with Gasteiger partial charge in [0.15, 0.2) is 0 Å². The molecule has 3 aromatic rings. The molecule has 1 heterocycles. The minimum Gasteiger partial charge on any atom is -0.444 e. The van der Waals surface area contributed by atoms with Crippen LogP contribution in [0.5, 0.6) is 0 Å². The third-order valence-corrected chi connectivity index (χ3v) is 7.67. The summed E-state index contributed by atoms with van der Waals surface area (Å²) < 4.78 is 54.0. The van der Waals surface area contributed by atoms with Crippen molar-refractivity contribution >= 4 is 22.0 Å². The Labute approximate surface area is 247 Å². The standard InChI is InChI=1S/C32H32BrF3N2O3/c1-30(2,3)41-29(39)38-14-12-31(13-15-38,26-8-10-28(33)11-9-26)21-40-20-23-16-25(18-27(17-23)32(34,35)36)24-6-4-22(19-37)5-7-24/h4-11,16-18H,12-15,20-21H2,1-3H3. The Bertz CT molecular complexity index is 1400. The summed E-state index contributed by atoms with van der Waals surface area (Å²) in [6.45, 7) is 6.70. The molecular formula is C32H32BrF3N2O3. The number of benzene rings is 3. The fraction of sp³-hybridized carbons (Fsp3) is 0.375. The molecular weight excluding hydrogens is 597 g/mol. The Hall–Kier alpha value is -3.35. The molecule has 0 N–H and O–H groups in total. The smallest absolute Gasteiger partial charge is 0.416 e. The van der Waals surface area contributed by atoms with Gasteiger partial charge in [-0.2, -0.15) is 18.4 Å². The number of halogens is 4. The van der Waals surface area contributed by atoms with E-state index in [0.717, 1.165) is 22.2 Å². The molecule has 216 valence electrons. The lowest BCUT2D eigenvalue weighted by molar-refractivity contribution is -0.137. The summed E-state index contributed by atoms with van der Waals surface area (Å²) in [4.78, 5) is 14.4. The molecule has 3 aromatic carbocycles. The Morgan fingerprint density at radius 1 is 0.976 bits per heavy atom. The van der Waals surface area contributed by atoms with Crippen molar-refractivity contribution in [3.05, 3.63) is 93.5 Å². The van der Waals surface area contributed by atoms with Gasteiger partial charge in [-0.05, 0) is 98.3 Å². The highest BCUT2D eigenvalue weighted by molar-refractivity contribution is 9.10. The van der Waals surface area contributed by atoms with E-state index in [2.05, 4.69) is 15.9 Å². The van der Waals surface area contributed by atoms with E-state index in [4.69, 9.17) is 14.7 Å². The van der Waals surface area contributed by atoms with Crippen molar-refractivity contribution in [2.24, 2.45) is 0 Å². The quantitative estimate of drug-likeness (QED) is 0.275. The summed E-state index contributed by atoms with van der Waals surface area (Å²) in [5.74, 6) is 0. The zero-order valence-corrected chi connectivity index (χ0v) is 24.8. The van der Waals surface area contributed by atoms with Crippen LogP contribution in [0.25, 0.3) is 11.1 Å². The largest absolute Gasteiger partial charge is 0.444 e. The van der Waals surface area contributed by atoms with Crippen LogP contribution in [-0.2, 0) is 27.7 Å². The molecule has 0 saturated carbocycles. The summed E-state index contributed by atoms with van der Waals surface area (Å²) in [6, 6.07) is 20.3. The van der Waals surface area contributed by atoms with E-state index in [-0.39, 0.29) is 19.3 Å². The number of hydrogen-bond acceptors (Lipinski definition) is 4. The molecule has 1 fully saturated rings. The molecule has 1 aliphatic rings. The zero-order valence-electron chi connectivity index (χ0n) is 23.2. The van der Waals surface area contributed by atoms with Crippen LogP contribution in [0.15, 0.2) is 71.2 Å². The van der Waals surface area contributed by atoms with Crippen LogP contribution < -0.4 is 0 Å². The van der Waals surface area contributed by atoms with Crippen LogP contribution >= 0.6 is 15.9 Å². The third-order valence-electron chi connectivity index (χ3n) is 7.14. The molecule has 1 saturated heterocycles. The van der Waals surface area contributed by atoms with Gasteiger partial charge in [0.1, 0.15) is 5.60 Å². The van der Waals surface area contributed by atoms with E-state index in [1.54, 1.807) is 35.2 Å². The maximum absolute atomic E-state index is 13.8. The second-order valence-corrected chi connectivity index (χ2v) is 12.3. The average Bonchev–Trinajstić information content (AvgIpc) is 2.92. The number of likely N-dealkylation sites (tertiary alicyclic amines) is 1. The van der Waals surface area contributed by atoms with E-state index in [0.29, 0.717) is 48.2 Å². The lowest BCUT2D eigenvalue weighted by Crippen LogP contribution is -2.48. The second kappa shape index (κ2) is 12.3. The Morgan fingerprint density at radius 3 is 2.17 bits per heavy atom. The first-order valence-corrected chi connectivity index (χ1v) is 14.1. The van der Waals surface area contributed by atoms with Gasteiger partial charge >= 0.3 is 12.3 Å². The van der Waals surface area contributed by atoms with Crippen molar-refractivity contribution in [1.29, 1.82) is 5.26 Å². The van der Waals surface area contributed by atoms with Crippen molar-refractivity contribution in [2.75, 3.05) is 19.7 Å². The molecule has 0 spiro atoms. The van der Waals surface area contributed by atoms with Gasteiger partial charge in [0.2, 0.25) is 0 Å². The van der Waals surface area contributed by atoms with Gasteiger partial charge in [0, 0.05) is 23.0 Å². The van der Waals surface area contributed by atoms with Crippen LogP contribution in [0.4, 0.5) is 18.0 Å². The number of rotatable bonds is 6. The Kier molecular flexibility index (Phi) is 9.15. The Balaban J connectivity index is 1.54. The summed E-state index contributed by atoms with van der Waals surface area (Å²) in [5, 5.41) is 9.06. The molecule has 0 atom stereocenters. The molecule has 9 heteroatoms. The molecule has 5 nitrogen and oxygen atoms in total. The van der Waals surface area contributed by atoms with E-state index in [9.17, 15) is 18.0 Å². The van der Waals surface area contributed by atoms with Crippen molar-refractivity contribution in [3.8, 4) is 17.2 Å². The minimum absolute atomic E-state index is 0.0126. The third kappa shape index (κ3) is 7.90. The molecule has 1 aliphatic heterocycles. The molecule has 0 aromatic heterocycles. The first-order valence-electron chi connectivity index (χ1n) is 13.3. The predicted octanol–water partition coefficient (Wildman–Crippen LogP) is 8.49. The van der Waals surface area contributed by atoms with Gasteiger partial charge in [-0.25, -0.2) is 4.79 Å². The van der Waals surface area contributed by atoms with Gasteiger partial charge < -0.3 is 14.4 Å². The van der Waals surface area contributed by atoms with Crippen molar-refractivity contribution in [1.82, 2.24) is 4.90 Å². The van der Waals surface area contributed by atoms with E-state index >= 15 is 0 Å². The summed E-state index contributed by atoms with van der Waals surface area (Å²) in [5.41, 5.74) is 1.09. The van der Waals surface area contributed by atoms with Gasteiger partial charge in [0.05, 0.1) is 30.4 Å². The van der Waals surface area contributed by atoms with Gasteiger partial charge in [0.25, 0.3) is 0 Å². The highest BCUT2D eigenvalue weighted by Crippen LogP contribution is 2.38. The van der Waals surface area contributed by atoms with Crippen LogP contribution in [0.2, 0.25) is 0 Å². The maximum atomic E-state index is 13.8. The summed E-state index contributed by atoms with van der Waals surface area (Å²) in [7, 11) is 0. The zero-order chi connectivity index (χ0) is 29.8. The van der Waals surface area contributed by atoms with Gasteiger partial charge in [-0.15, -0.1) is 0 Å². The number of hydrogen-bond donors (Lipinski definition) is 0. The van der Waals surface area contributed by atoms with E-state index < -0.39 is 22.8 Å². The molecule has 0 radical (unpaired) electrons. The van der Waals surface area contributed by atoms with Crippen molar-refractivity contribution < 1.29 is 27.4 Å². The number of ether oxygens (including phenoxy) is 2. The number of nitrogens with zero attached hydrogens (tertiary/aromatic N) is 2. The fourth-order valence-corrected chi connectivity index (χ4v) is 5.24. The number of carbonyl (C=O) groups is 1. The first kappa shape index (κ1) is 30.6. The second-order valence-electron chi connectivity index (χ2n) is 11.4. The number of amides is 1. The van der Waals surface area contributed by atoms with Crippen LogP contribution in [0.3, 0.4) is 0 Å². The SMILES string of the molecule is CC(C)(C)OC(=O)N1CCC(COCc2cc(-c3ccc(C#N)cc3)cc(C(F)(F)F)c2)(c2ccc(Br)cc2)CC1. The molecule has 0 unspecified atom stereocenters. The summed E-state index contributed by atoms with van der Waals surface area (Å²) >= 11 is 3.48. The average molecular weight is 630 g/mol. The van der Waals surface area contributed by atoms with Crippen LogP contribution in [0.1, 0.15) is 55.9 Å². The maximum Gasteiger partial charge on any atom is 0.416 e. The minimum atomic E-state index is -4.52. The topological polar surface area (TPSA) is 62.6 Å². The molecule has 0 bridgehead atoms. The lowest BCUT2D eigenvalue weighted by atomic mass is 9.73. The molecule has 0 aliphatic carbocycles. The predicted molar refractivity (Wildman–Crippen MR) is 154 cm³/mol. The highest BCUT2D eigenvalue weighted by atomic mass is 79.9. The monoisotopic (exact) mass is 628 g/mol. The number of piperidine rings is 1. The van der Waals surface area contributed by atoms with Crippen LogP contribution in [0, 0.1) is 11.3 Å². The normalized spacial score (nSPS) is 15.3. The number of alkyl halides is 3. The molecule has 41 heavy (non-hydrogen) atoms.